The van der Waals surface area contributed by atoms with E-state index in [1.54, 1.807) is 0 Å². The van der Waals surface area contributed by atoms with E-state index in [9.17, 15) is 0 Å². The second-order valence-electron chi connectivity index (χ2n) is 26.7. The first kappa shape index (κ1) is 45.4. The Balaban J connectivity index is 1.21. The van der Waals surface area contributed by atoms with E-state index >= 15 is 0 Å². The van der Waals surface area contributed by atoms with Crippen molar-refractivity contribution < 1.29 is 0 Å². The molecule has 0 radical (unpaired) electrons. The van der Waals surface area contributed by atoms with Crippen LogP contribution >= 0.6 is 0 Å². The molecule has 0 saturated carbocycles. The SMILES string of the molecule is [C-]#[N+]c1ccc2c3cc4c(-c5cc(C(C)(C)C)cc(C(C)(C)C)c5)c5c6ccc7c8ccc9c%10c(ccc(c%11ccc(c5c(-c5cc(C(C)(C)C)cc(C(C)(C)C)c5)c4cc3c3cccc1c32)c6c%117)c%108)-c1ccccc1-9. The third-order valence-corrected chi connectivity index (χ3v) is 18.0. The minimum Gasteiger partial charge on any atom is -0.238 e. The Hall–Kier alpha value is -8.05. The number of rotatable bonds is 2. The lowest BCUT2D eigenvalue weighted by Crippen LogP contribution is -2.16. The van der Waals surface area contributed by atoms with Gasteiger partial charge in [0, 0.05) is 0 Å². The Morgan fingerprint density at radius 3 is 1.05 bits per heavy atom. The molecule has 14 aromatic carbocycles. The van der Waals surface area contributed by atoms with Gasteiger partial charge in [0.25, 0.3) is 0 Å². The first-order valence-corrected chi connectivity index (χ1v) is 27.4. The van der Waals surface area contributed by atoms with E-state index in [4.69, 9.17) is 6.57 Å². The molecule has 1 aliphatic rings. The molecule has 0 amide bonds. The van der Waals surface area contributed by atoms with Gasteiger partial charge < -0.3 is 0 Å². The van der Waals surface area contributed by atoms with Crippen LogP contribution in [0.5, 0.6) is 0 Å². The van der Waals surface area contributed by atoms with Gasteiger partial charge >= 0.3 is 0 Å². The molecule has 14 aromatic rings. The van der Waals surface area contributed by atoms with E-state index in [0.29, 0.717) is 5.69 Å². The van der Waals surface area contributed by atoms with Gasteiger partial charge in [-0.1, -0.05) is 223 Å². The summed E-state index contributed by atoms with van der Waals surface area (Å²) in [7, 11) is 0. The normalized spacial score (nSPS) is 13.5. The van der Waals surface area contributed by atoms with Gasteiger partial charge in [-0.3, -0.25) is 0 Å². The van der Waals surface area contributed by atoms with Crippen molar-refractivity contribution in [2.45, 2.75) is 105 Å². The number of hydrogen-bond donors (Lipinski definition) is 0. The van der Waals surface area contributed by atoms with Crippen molar-refractivity contribution in [1.29, 1.82) is 0 Å². The second kappa shape index (κ2) is 14.7. The largest absolute Gasteiger partial charge is 0.238 e. The molecule has 15 rings (SSSR count). The maximum atomic E-state index is 8.21. The van der Waals surface area contributed by atoms with Crippen LogP contribution in [0, 0.1) is 6.57 Å². The molecule has 0 bridgehead atoms. The van der Waals surface area contributed by atoms with Crippen LogP contribution in [-0.2, 0) is 21.7 Å². The van der Waals surface area contributed by atoms with Gasteiger partial charge in [-0.2, -0.15) is 0 Å². The van der Waals surface area contributed by atoms with Crippen LogP contribution in [0.15, 0.2) is 152 Å². The van der Waals surface area contributed by atoms with Gasteiger partial charge in [-0.05, 0) is 208 Å². The highest BCUT2D eigenvalue weighted by Gasteiger charge is 2.32. The van der Waals surface area contributed by atoms with Crippen LogP contribution in [-0.4, -0.2) is 0 Å². The molecule has 1 nitrogen and oxygen atoms in total. The molecule has 0 aliphatic heterocycles. The standard InChI is InChI=1S/C75H61N/c1-72(2,3)41-31-39(32-42(35-41)73(4,5)6)63-60-37-58-47-19-16-20-55-62(76-13)30-29-54(65(47)55)59(58)38-61(60)64(40-33-43(74(7,8)9)36-44(34-40)75(10,11)12)71-57-28-26-53-51-24-22-49-46-18-15-14-17-45(46)48-21-23-50(67(51)66(48)49)52-25-27-56(70(63)71)69(57)68(52)53/h14-38H,1-12H3. The lowest BCUT2D eigenvalue weighted by atomic mass is 9.76. The molecule has 1 aliphatic carbocycles. The maximum Gasteiger partial charge on any atom is 0.194 e. The fourth-order valence-electron chi connectivity index (χ4n) is 14.0. The smallest absolute Gasteiger partial charge is 0.194 e. The minimum absolute atomic E-state index is 0.0917. The van der Waals surface area contributed by atoms with Crippen molar-refractivity contribution in [3.63, 3.8) is 0 Å². The molecular weight excluding hydrogens is 915 g/mol. The number of benzene rings is 12. The Bertz CT molecular complexity index is 4620. The van der Waals surface area contributed by atoms with Crippen molar-refractivity contribution in [3.05, 3.63) is 185 Å². The van der Waals surface area contributed by atoms with E-state index in [1.807, 2.05) is 6.07 Å². The number of nitrogens with zero attached hydrogens (tertiary/aromatic N) is 1. The van der Waals surface area contributed by atoms with Crippen LogP contribution in [0.25, 0.3) is 157 Å². The van der Waals surface area contributed by atoms with Crippen LogP contribution in [0.4, 0.5) is 5.69 Å². The Labute approximate surface area is 445 Å². The average molecular weight is 976 g/mol. The maximum absolute atomic E-state index is 8.21. The molecule has 0 fully saturated rings. The van der Waals surface area contributed by atoms with Crippen LogP contribution in [0.3, 0.4) is 0 Å². The highest BCUT2D eigenvalue weighted by Crippen LogP contribution is 2.58. The summed E-state index contributed by atoms with van der Waals surface area (Å²) >= 11 is 0. The zero-order valence-corrected chi connectivity index (χ0v) is 45.9. The van der Waals surface area contributed by atoms with Gasteiger partial charge in [0.1, 0.15) is 0 Å². The highest BCUT2D eigenvalue weighted by atomic mass is 14.6. The van der Waals surface area contributed by atoms with Crippen molar-refractivity contribution in [1.82, 2.24) is 0 Å². The predicted octanol–water partition coefficient (Wildman–Crippen LogP) is 22.3. The average Bonchev–Trinajstić information content (AvgIpc) is 4.10. The van der Waals surface area contributed by atoms with Crippen LogP contribution < -0.4 is 0 Å². The molecule has 0 saturated heterocycles. The van der Waals surface area contributed by atoms with E-state index in [0.717, 1.165) is 5.39 Å². The topological polar surface area (TPSA) is 4.36 Å². The first-order chi connectivity index (χ1) is 36.2. The Morgan fingerprint density at radius 2 is 0.618 bits per heavy atom. The summed E-state index contributed by atoms with van der Waals surface area (Å²) in [4.78, 5) is 4.04. The zero-order valence-electron chi connectivity index (χ0n) is 45.9. The van der Waals surface area contributed by atoms with E-state index < -0.39 is 0 Å². The van der Waals surface area contributed by atoms with Crippen molar-refractivity contribution in [2.24, 2.45) is 0 Å². The molecule has 0 N–H and O–H groups in total. The van der Waals surface area contributed by atoms with Gasteiger partial charge in [-0.15, -0.1) is 0 Å². The summed E-state index contributed by atoms with van der Waals surface area (Å²) < 4.78 is 0. The van der Waals surface area contributed by atoms with Crippen LogP contribution in [0.2, 0.25) is 0 Å². The minimum atomic E-state index is -0.0917. The molecule has 0 spiro atoms. The molecule has 0 unspecified atom stereocenters. The van der Waals surface area contributed by atoms with Gasteiger partial charge in [0.2, 0.25) is 0 Å². The quantitative estimate of drug-likeness (QED) is 0.0924. The summed E-state index contributed by atoms with van der Waals surface area (Å²) in [5.74, 6) is 0. The summed E-state index contributed by atoms with van der Waals surface area (Å²) in [5.41, 5.74) is 16.2. The fraction of sp³-hybridized carbons (Fsp3) is 0.213. The number of fused-ring (bicyclic) bond motifs is 12. The molecular formula is C75H61N. The van der Waals surface area contributed by atoms with Crippen molar-refractivity contribution in [2.75, 3.05) is 0 Å². The van der Waals surface area contributed by atoms with Gasteiger partial charge in [0.15, 0.2) is 5.69 Å². The van der Waals surface area contributed by atoms with E-state index in [1.165, 1.54) is 169 Å². The Kier molecular flexibility index (Phi) is 8.75. The lowest BCUT2D eigenvalue weighted by Gasteiger charge is -2.28. The first-order valence-electron chi connectivity index (χ1n) is 27.4. The molecule has 366 valence electrons. The molecule has 0 atom stereocenters. The Morgan fingerprint density at radius 1 is 0.263 bits per heavy atom. The summed E-state index contributed by atoms with van der Waals surface area (Å²) in [6.45, 7) is 36.6. The van der Waals surface area contributed by atoms with Crippen LogP contribution in [0.1, 0.15) is 105 Å². The third kappa shape index (κ3) is 5.97. The zero-order chi connectivity index (χ0) is 52.4. The van der Waals surface area contributed by atoms with E-state index in [-0.39, 0.29) is 21.7 Å². The lowest BCUT2D eigenvalue weighted by molar-refractivity contribution is 0.568. The number of hydrogen-bond acceptors (Lipinski definition) is 0. The summed E-state index contributed by atoms with van der Waals surface area (Å²) in [6, 6.07) is 59.6. The molecule has 1 heteroatoms. The second-order valence-corrected chi connectivity index (χ2v) is 26.7. The molecule has 76 heavy (non-hydrogen) atoms. The van der Waals surface area contributed by atoms with Crippen molar-refractivity contribution >= 4 is 113 Å². The van der Waals surface area contributed by atoms with Gasteiger partial charge in [0.05, 0.1) is 6.57 Å². The van der Waals surface area contributed by atoms with Gasteiger partial charge in [-0.25, -0.2) is 4.85 Å². The van der Waals surface area contributed by atoms with E-state index in [2.05, 4.69) is 234 Å². The molecule has 0 heterocycles. The highest BCUT2D eigenvalue weighted by molar-refractivity contribution is 6.47. The third-order valence-electron chi connectivity index (χ3n) is 18.0. The molecule has 0 aromatic heterocycles. The summed E-state index contributed by atoms with van der Waals surface area (Å²) in [5, 5.41) is 25.6. The predicted molar refractivity (Wildman–Crippen MR) is 331 cm³/mol. The van der Waals surface area contributed by atoms with Crippen molar-refractivity contribution in [3.8, 4) is 44.5 Å². The monoisotopic (exact) mass is 975 g/mol. The fourth-order valence-corrected chi connectivity index (χ4v) is 14.0. The summed E-state index contributed by atoms with van der Waals surface area (Å²) in [6.07, 6.45) is 0.